The SMILES string of the molecule is CCC(C)N(C)C(C)C(=O)c1ccc(Cl)s1. The lowest BCUT2D eigenvalue weighted by atomic mass is 10.1. The molecule has 1 aromatic rings. The van der Waals surface area contributed by atoms with E-state index in [4.69, 9.17) is 11.6 Å². The van der Waals surface area contributed by atoms with Crippen molar-refractivity contribution in [2.75, 3.05) is 7.05 Å². The van der Waals surface area contributed by atoms with Crippen LogP contribution in [0.1, 0.15) is 36.9 Å². The average molecular weight is 260 g/mol. The predicted molar refractivity (Wildman–Crippen MR) is 70.6 cm³/mol. The topological polar surface area (TPSA) is 20.3 Å². The maximum Gasteiger partial charge on any atom is 0.189 e. The van der Waals surface area contributed by atoms with E-state index >= 15 is 0 Å². The van der Waals surface area contributed by atoms with Crippen LogP contribution in [0.3, 0.4) is 0 Å². The zero-order chi connectivity index (χ0) is 12.3. The van der Waals surface area contributed by atoms with Crippen molar-refractivity contribution < 1.29 is 4.79 Å². The highest BCUT2D eigenvalue weighted by molar-refractivity contribution is 7.18. The van der Waals surface area contributed by atoms with Crippen LogP contribution in [0.15, 0.2) is 12.1 Å². The minimum atomic E-state index is -0.0929. The summed E-state index contributed by atoms with van der Waals surface area (Å²) in [6, 6.07) is 3.89. The number of hydrogen-bond donors (Lipinski definition) is 0. The van der Waals surface area contributed by atoms with Crippen molar-refractivity contribution in [1.82, 2.24) is 4.90 Å². The van der Waals surface area contributed by atoms with Gasteiger partial charge < -0.3 is 0 Å². The van der Waals surface area contributed by atoms with E-state index in [1.807, 2.05) is 14.0 Å². The van der Waals surface area contributed by atoms with Crippen LogP contribution in [0.4, 0.5) is 0 Å². The molecule has 0 fully saturated rings. The summed E-state index contributed by atoms with van der Waals surface area (Å²) < 4.78 is 0.668. The number of nitrogens with zero attached hydrogens (tertiary/aromatic N) is 1. The number of rotatable bonds is 5. The van der Waals surface area contributed by atoms with Gasteiger partial charge in [0.15, 0.2) is 5.78 Å². The molecule has 1 heterocycles. The van der Waals surface area contributed by atoms with Gasteiger partial charge in [-0.05, 0) is 39.4 Å². The first-order valence-electron chi connectivity index (χ1n) is 5.48. The van der Waals surface area contributed by atoms with Gasteiger partial charge in [-0.25, -0.2) is 0 Å². The van der Waals surface area contributed by atoms with Gasteiger partial charge in [0.25, 0.3) is 0 Å². The van der Waals surface area contributed by atoms with Crippen molar-refractivity contribution >= 4 is 28.7 Å². The summed E-state index contributed by atoms with van der Waals surface area (Å²) in [4.78, 5) is 15.0. The molecular formula is C12H18ClNOS. The number of ketones is 1. The Morgan fingerprint density at radius 1 is 1.50 bits per heavy atom. The van der Waals surface area contributed by atoms with Crippen LogP contribution >= 0.6 is 22.9 Å². The Kier molecular flexibility index (Phi) is 4.96. The second kappa shape index (κ2) is 5.80. The molecule has 0 amide bonds. The molecule has 0 aromatic carbocycles. The normalized spacial score (nSPS) is 15.1. The van der Waals surface area contributed by atoms with Crippen LogP contribution in [-0.4, -0.2) is 29.8 Å². The fourth-order valence-corrected chi connectivity index (χ4v) is 2.57. The second-order valence-corrected chi connectivity index (χ2v) is 5.78. The molecule has 16 heavy (non-hydrogen) atoms. The zero-order valence-corrected chi connectivity index (χ0v) is 11.7. The van der Waals surface area contributed by atoms with E-state index in [0.29, 0.717) is 10.4 Å². The van der Waals surface area contributed by atoms with E-state index in [1.54, 1.807) is 12.1 Å². The van der Waals surface area contributed by atoms with Gasteiger partial charge in [0.1, 0.15) is 0 Å². The molecule has 0 bridgehead atoms. The second-order valence-electron chi connectivity index (χ2n) is 4.07. The van der Waals surface area contributed by atoms with E-state index in [-0.39, 0.29) is 11.8 Å². The zero-order valence-electron chi connectivity index (χ0n) is 10.2. The van der Waals surface area contributed by atoms with Crippen molar-refractivity contribution in [1.29, 1.82) is 0 Å². The third-order valence-corrected chi connectivity index (χ3v) is 4.34. The van der Waals surface area contributed by atoms with Gasteiger partial charge in [0.2, 0.25) is 0 Å². The molecule has 1 aromatic heterocycles. The Labute approximate surface area is 106 Å². The van der Waals surface area contributed by atoms with E-state index in [0.717, 1.165) is 11.3 Å². The number of likely N-dealkylation sites (N-methyl/N-ethyl adjacent to an activating group) is 1. The first-order valence-corrected chi connectivity index (χ1v) is 6.68. The highest BCUT2D eigenvalue weighted by Gasteiger charge is 2.23. The summed E-state index contributed by atoms with van der Waals surface area (Å²) >= 11 is 7.18. The molecule has 0 saturated carbocycles. The Bertz CT molecular complexity index is 364. The van der Waals surface area contributed by atoms with E-state index in [2.05, 4.69) is 18.7 Å². The molecule has 2 unspecified atom stereocenters. The molecule has 2 atom stereocenters. The molecule has 0 aliphatic rings. The van der Waals surface area contributed by atoms with Gasteiger partial charge in [-0.15, -0.1) is 11.3 Å². The fraction of sp³-hybridized carbons (Fsp3) is 0.583. The molecular weight excluding hydrogens is 242 g/mol. The lowest BCUT2D eigenvalue weighted by molar-refractivity contribution is 0.0828. The minimum Gasteiger partial charge on any atom is -0.294 e. The Hall–Kier alpha value is -0.380. The number of Topliss-reactive ketones (excluding diaryl/α,β-unsaturated/α-hetero) is 1. The molecule has 0 saturated heterocycles. The number of carbonyl (C=O) groups excluding carboxylic acids is 1. The molecule has 0 aliphatic heterocycles. The van der Waals surface area contributed by atoms with Crippen LogP contribution < -0.4 is 0 Å². The van der Waals surface area contributed by atoms with Crippen molar-refractivity contribution in [3.63, 3.8) is 0 Å². The summed E-state index contributed by atoms with van der Waals surface area (Å²) in [5.41, 5.74) is 0. The summed E-state index contributed by atoms with van der Waals surface area (Å²) in [5, 5.41) is 0. The van der Waals surface area contributed by atoms with Crippen molar-refractivity contribution in [3.8, 4) is 0 Å². The molecule has 0 radical (unpaired) electrons. The first kappa shape index (κ1) is 13.7. The van der Waals surface area contributed by atoms with Crippen molar-refractivity contribution in [2.45, 2.75) is 39.3 Å². The molecule has 90 valence electrons. The van der Waals surface area contributed by atoms with Crippen LogP contribution in [0.5, 0.6) is 0 Å². The van der Waals surface area contributed by atoms with Crippen molar-refractivity contribution in [3.05, 3.63) is 21.3 Å². The molecule has 4 heteroatoms. The Morgan fingerprint density at radius 2 is 2.12 bits per heavy atom. The Balaban J connectivity index is 2.74. The van der Waals surface area contributed by atoms with Gasteiger partial charge in [-0.3, -0.25) is 9.69 Å². The standard InChI is InChI=1S/C12H18ClNOS/c1-5-8(2)14(4)9(3)12(15)10-6-7-11(13)16-10/h6-9H,5H2,1-4H3. The summed E-state index contributed by atoms with van der Waals surface area (Å²) in [6.45, 7) is 6.20. The summed E-state index contributed by atoms with van der Waals surface area (Å²) in [5.74, 6) is 0.153. The summed E-state index contributed by atoms with van der Waals surface area (Å²) in [6.07, 6.45) is 1.04. The highest BCUT2D eigenvalue weighted by Crippen LogP contribution is 2.23. The van der Waals surface area contributed by atoms with Crippen LogP contribution in [0.25, 0.3) is 0 Å². The van der Waals surface area contributed by atoms with Crippen LogP contribution in [0, 0.1) is 0 Å². The average Bonchev–Trinajstić information content (AvgIpc) is 2.71. The van der Waals surface area contributed by atoms with E-state index < -0.39 is 0 Å². The molecule has 0 spiro atoms. The fourth-order valence-electron chi connectivity index (χ4n) is 1.51. The lowest BCUT2D eigenvalue weighted by Crippen LogP contribution is -2.41. The Morgan fingerprint density at radius 3 is 2.56 bits per heavy atom. The predicted octanol–water partition coefficient (Wildman–Crippen LogP) is 3.70. The third-order valence-electron chi connectivity index (χ3n) is 3.09. The third kappa shape index (κ3) is 3.06. The largest absolute Gasteiger partial charge is 0.294 e. The van der Waals surface area contributed by atoms with Gasteiger partial charge in [0, 0.05) is 6.04 Å². The van der Waals surface area contributed by atoms with Crippen LogP contribution in [-0.2, 0) is 0 Å². The quantitative estimate of drug-likeness (QED) is 0.752. The van der Waals surface area contributed by atoms with Gasteiger partial charge >= 0.3 is 0 Å². The molecule has 2 nitrogen and oxygen atoms in total. The van der Waals surface area contributed by atoms with E-state index in [9.17, 15) is 4.79 Å². The smallest absolute Gasteiger partial charge is 0.189 e. The highest BCUT2D eigenvalue weighted by atomic mass is 35.5. The lowest BCUT2D eigenvalue weighted by Gasteiger charge is -2.28. The molecule has 0 N–H and O–H groups in total. The van der Waals surface area contributed by atoms with Gasteiger partial charge in [-0.1, -0.05) is 18.5 Å². The van der Waals surface area contributed by atoms with Crippen molar-refractivity contribution in [2.24, 2.45) is 0 Å². The maximum atomic E-state index is 12.1. The number of hydrogen-bond acceptors (Lipinski definition) is 3. The summed E-state index contributed by atoms with van der Waals surface area (Å²) in [7, 11) is 1.99. The van der Waals surface area contributed by atoms with E-state index in [1.165, 1.54) is 11.3 Å². The maximum absolute atomic E-state index is 12.1. The monoisotopic (exact) mass is 259 g/mol. The van der Waals surface area contributed by atoms with Gasteiger partial charge in [-0.2, -0.15) is 0 Å². The minimum absolute atomic E-state index is 0.0929. The number of carbonyl (C=O) groups is 1. The molecule has 0 aliphatic carbocycles. The number of thiophene rings is 1. The molecule has 1 rings (SSSR count). The van der Waals surface area contributed by atoms with Crippen LogP contribution in [0.2, 0.25) is 4.34 Å². The first-order chi connectivity index (χ1) is 7.47. The van der Waals surface area contributed by atoms with Gasteiger partial charge in [0.05, 0.1) is 15.3 Å². The number of halogens is 1.